The summed E-state index contributed by atoms with van der Waals surface area (Å²) < 4.78 is 11.3. The molecule has 1 aromatic heterocycles. The zero-order chi connectivity index (χ0) is 24.8. The fourth-order valence-corrected chi connectivity index (χ4v) is 4.71. The van der Waals surface area contributed by atoms with Gasteiger partial charge in [-0.15, -0.1) is 0 Å². The lowest BCUT2D eigenvalue weighted by Gasteiger charge is -2.33. The maximum Gasteiger partial charge on any atom is 0.266 e. The Labute approximate surface area is 205 Å². The van der Waals surface area contributed by atoms with Crippen LogP contribution in [-0.4, -0.2) is 54.4 Å². The van der Waals surface area contributed by atoms with Gasteiger partial charge in [0.2, 0.25) is 0 Å². The lowest BCUT2D eigenvalue weighted by Crippen LogP contribution is -2.40. The number of piperidine rings is 1. The first kappa shape index (κ1) is 24.5. The van der Waals surface area contributed by atoms with Crippen LogP contribution in [0.4, 0.5) is 0 Å². The molecule has 2 heterocycles. The van der Waals surface area contributed by atoms with Gasteiger partial charge in [-0.1, -0.05) is 30.3 Å². The second-order valence-corrected chi connectivity index (χ2v) is 8.97. The molecule has 1 saturated heterocycles. The zero-order valence-corrected chi connectivity index (χ0v) is 20.2. The van der Waals surface area contributed by atoms with E-state index in [9.17, 15) is 9.90 Å². The third kappa shape index (κ3) is 5.91. The Hall–Kier alpha value is -3.60. The van der Waals surface area contributed by atoms with Crippen LogP contribution in [0.15, 0.2) is 59.4 Å². The first-order valence-electron chi connectivity index (χ1n) is 11.9. The van der Waals surface area contributed by atoms with Crippen molar-refractivity contribution in [1.82, 2.24) is 9.88 Å². The molecular weight excluding hydrogens is 442 g/mol. The predicted molar refractivity (Wildman–Crippen MR) is 135 cm³/mol. The van der Waals surface area contributed by atoms with E-state index in [2.05, 4.69) is 22.0 Å². The molecule has 0 radical (unpaired) electrons. The number of aliphatic hydroxyl groups is 1. The number of pyridine rings is 1. The summed E-state index contributed by atoms with van der Waals surface area (Å²) >= 11 is 0. The minimum Gasteiger partial charge on any atom is -0.496 e. The van der Waals surface area contributed by atoms with Crippen LogP contribution in [0.2, 0.25) is 0 Å². The average Bonchev–Trinajstić information content (AvgIpc) is 2.88. The summed E-state index contributed by atoms with van der Waals surface area (Å²) in [6, 6.07) is 19.2. The first-order valence-corrected chi connectivity index (χ1v) is 11.9. The number of nitrogens with one attached hydrogen (secondary N) is 1. The smallest absolute Gasteiger partial charge is 0.266 e. The van der Waals surface area contributed by atoms with Crippen LogP contribution < -0.4 is 15.0 Å². The van der Waals surface area contributed by atoms with Crippen LogP contribution in [-0.2, 0) is 0 Å². The van der Waals surface area contributed by atoms with Crippen LogP contribution >= 0.6 is 0 Å². The van der Waals surface area contributed by atoms with E-state index in [0.717, 1.165) is 42.8 Å². The number of nitrogens with zero attached hydrogens (tertiary/aromatic N) is 2. The van der Waals surface area contributed by atoms with Crippen molar-refractivity contribution < 1.29 is 14.6 Å². The van der Waals surface area contributed by atoms with E-state index in [1.807, 2.05) is 42.5 Å². The first-order chi connectivity index (χ1) is 17.0. The number of β-amino-alcohol motifs (C(OH)–C–C–N with tert-alkyl or cyclic N) is 1. The molecule has 7 heteroatoms. The molecule has 1 aliphatic rings. The molecule has 3 aromatic rings. The number of methoxy groups -OCH3 is 1. The van der Waals surface area contributed by atoms with Gasteiger partial charge < -0.3 is 24.5 Å². The number of rotatable bonds is 8. The largest absolute Gasteiger partial charge is 0.496 e. The average molecular weight is 474 g/mol. The molecule has 2 N–H and O–H groups in total. The van der Waals surface area contributed by atoms with Crippen LogP contribution in [0.25, 0.3) is 11.1 Å². The number of H-pyrrole nitrogens is 1. The van der Waals surface area contributed by atoms with Gasteiger partial charge >= 0.3 is 0 Å². The summed E-state index contributed by atoms with van der Waals surface area (Å²) in [5, 5.41) is 19.7. The summed E-state index contributed by atoms with van der Waals surface area (Å²) in [5.41, 5.74) is 3.34. The number of ether oxygens (including phenoxy) is 2. The van der Waals surface area contributed by atoms with Crippen molar-refractivity contribution in [2.45, 2.75) is 31.8 Å². The zero-order valence-electron chi connectivity index (χ0n) is 20.2. The Morgan fingerprint density at radius 1 is 1.17 bits per heavy atom. The molecule has 0 saturated carbocycles. The van der Waals surface area contributed by atoms with Crippen LogP contribution in [0.5, 0.6) is 11.5 Å². The van der Waals surface area contributed by atoms with Gasteiger partial charge in [0.15, 0.2) is 0 Å². The van der Waals surface area contributed by atoms with Crippen molar-refractivity contribution in [1.29, 1.82) is 5.26 Å². The predicted octanol–water partition coefficient (Wildman–Crippen LogP) is 3.85. The van der Waals surface area contributed by atoms with Crippen LogP contribution in [0.3, 0.4) is 0 Å². The number of nitriles is 1. The number of hydrogen-bond donors (Lipinski definition) is 2. The van der Waals surface area contributed by atoms with Crippen molar-refractivity contribution in [2.24, 2.45) is 0 Å². The maximum atomic E-state index is 11.8. The minimum absolute atomic E-state index is 0.0842. The van der Waals surface area contributed by atoms with Gasteiger partial charge in [-0.25, -0.2) is 0 Å². The van der Waals surface area contributed by atoms with Gasteiger partial charge in [0.1, 0.15) is 35.8 Å². The van der Waals surface area contributed by atoms with E-state index in [0.29, 0.717) is 23.9 Å². The minimum atomic E-state index is -0.586. The number of para-hydroxylation sites is 1. The number of aryl methyl sites for hydroxylation is 1. The van der Waals surface area contributed by atoms with Gasteiger partial charge in [-0.3, -0.25) is 4.79 Å². The number of benzene rings is 2. The van der Waals surface area contributed by atoms with Gasteiger partial charge in [0.25, 0.3) is 5.56 Å². The fraction of sp³-hybridized carbons (Fsp3) is 0.357. The molecular formula is C28H31N3O4. The second kappa shape index (κ2) is 11.2. The molecule has 7 nitrogen and oxygen atoms in total. The molecule has 0 spiro atoms. The summed E-state index contributed by atoms with van der Waals surface area (Å²) in [6.07, 6.45) is 1.48. The highest BCUT2D eigenvalue weighted by Gasteiger charge is 2.24. The number of likely N-dealkylation sites (tertiary alicyclic amines) is 1. The molecule has 0 aliphatic carbocycles. The van der Waals surface area contributed by atoms with Crippen LogP contribution in [0.1, 0.15) is 35.6 Å². The molecule has 0 amide bonds. The topological polar surface area (TPSA) is 98.6 Å². The van der Waals surface area contributed by atoms with Gasteiger partial charge in [0.05, 0.1) is 7.11 Å². The molecule has 4 rings (SSSR count). The van der Waals surface area contributed by atoms with E-state index in [4.69, 9.17) is 14.7 Å². The normalized spacial score (nSPS) is 15.4. The van der Waals surface area contributed by atoms with Gasteiger partial charge in [0, 0.05) is 17.8 Å². The van der Waals surface area contributed by atoms with E-state index in [1.165, 1.54) is 5.56 Å². The van der Waals surface area contributed by atoms with Crippen molar-refractivity contribution in [3.63, 3.8) is 0 Å². The standard InChI is InChI=1S/C28H31N3O4/c1-19-26(15-22(16-29)28(33)30-19)20-7-9-24(10-8-20)35-18-23(32)17-31-13-11-21(12-14-31)25-5-3-4-6-27(25)34-2/h3-10,15,21,23,32H,11-14,17-18H2,1-2H3,(H,30,33)/t23-/m0/s1. The van der Waals surface area contributed by atoms with Crippen molar-refractivity contribution >= 4 is 0 Å². The lowest BCUT2D eigenvalue weighted by molar-refractivity contribution is 0.0593. The Kier molecular flexibility index (Phi) is 7.86. The summed E-state index contributed by atoms with van der Waals surface area (Å²) in [5.74, 6) is 2.08. The number of hydrogen-bond acceptors (Lipinski definition) is 6. The molecule has 1 fully saturated rings. The molecule has 1 aliphatic heterocycles. The highest BCUT2D eigenvalue weighted by atomic mass is 16.5. The molecule has 182 valence electrons. The summed E-state index contributed by atoms with van der Waals surface area (Å²) in [7, 11) is 1.72. The second-order valence-electron chi connectivity index (χ2n) is 8.97. The molecule has 35 heavy (non-hydrogen) atoms. The fourth-order valence-electron chi connectivity index (χ4n) is 4.71. The number of aliphatic hydroxyl groups excluding tert-OH is 1. The van der Waals surface area contributed by atoms with E-state index in [1.54, 1.807) is 20.1 Å². The van der Waals surface area contributed by atoms with Crippen molar-refractivity contribution in [3.05, 3.63) is 81.8 Å². The molecule has 2 aromatic carbocycles. The summed E-state index contributed by atoms with van der Waals surface area (Å²) in [4.78, 5) is 16.8. The Morgan fingerprint density at radius 3 is 2.57 bits per heavy atom. The van der Waals surface area contributed by atoms with Crippen LogP contribution in [0, 0.1) is 18.3 Å². The van der Waals surface area contributed by atoms with E-state index in [-0.39, 0.29) is 17.7 Å². The number of aromatic nitrogens is 1. The lowest BCUT2D eigenvalue weighted by atomic mass is 9.88. The van der Waals surface area contributed by atoms with E-state index >= 15 is 0 Å². The van der Waals surface area contributed by atoms with Crippen molar-refractivity contribution in [2.75, 3.05) is 33.4 Å². The Bertz CT molecular complexity index is 1240. The highest BCUT2D eigenvalue weighted by Crippen LogP contribution is 2.34. The third-order valence-electron chi connectivity index (χ3n) is 6.60. The number of aromatic amines is 1. The Balaban J connectivity index is 1.27. The maximum absolute atomic E-state index is 11.8. The van der Waals surface area contributed by atoms with Gasteiger partial charge in [-0.2, -0.15) is 5.26 Å². The summed E-state index contributed by atoms with van der Waals surface area (Å²) in [6.45, 7) is 4.44. The molecule has 0 unspecified atom stereocenters. The molecule has 0 bridgehead atoms. The van der Waals surface area contributed by atoms with E-state index < -0.39 is 6.10 Å². The molecule has 1 atom stereocenters. The monoisotopic (exact) mass is 473 g/mol. The van der Waals surface area contributed by atoms with Gasteiger partial charge in [-0.05, 0) is 74.2 Å². The Morgan fingerprint density at radius 2 is 1.89 bits per heavy atom. The van der Waals surface area contributed by atoms with Crippen molar-refractivity contribution in [3.8, 4) is 28.7 Å². The SMILES string of the molecule is COc1ccccc1C1CCN(C[C@H](O)COc2ccc(-c3cc(C#N)c(=O)[nH]c3C)cc2)CC1. The quantitative estimate of drug-likeness (QED) is 0.516. The third-order valence-corrected chi connectivity index (χ3v) is 6.60. The highest BCUT2D eigenvalue weighted by molar-refractivity contribution is 5.67.